The molecule has 0 spiro atoms. The van der Waals surface area contributed by atoms with Crippen LogP contribution in [0.2, 0.25) is 0 Å². The molecule has 6 nitrogen and oxygen atoms in total. The summed E-state index contributed by atoms with van der Waals surface area (Å²) in [6, 6.07) is 3.80. The first-order valence-corrected chi connectivity index (χ1v) is 11.0. The van der Waals surface area contributed by atoms with Gasteiger partial charge >= 0.3 is 5.97 Å². The van der Waals surface area contributed by atoms with Crippen molar-refractivity contribution in [3.8, 4) is 5.75 Å². The second kappa shape index (κ2) is 8.46. The molecule has 1 aromatic rings. The Morgan fingerprint density at radius 3 is 2.00 bits per heavy atom. The Morgan fingerprint density at radius 2 is 1.67 bits per heavy atom. The van der Waals surface area contributed by atoms with E-state index < -0.39 is 5.97 Å². The number of hydrogen-bond donors (Lipinski definition) is 3. The number of thioether (sulfide) groups is 1. The minimum absolute atomic E-state index is 0.0716. The second-order valence-electron chi connectivity index (χ2n) is 9.78. The van der Waals surface area contributed by atoms with E-state index in [0.717, 1.165) is 28.0 Å². The number of aromatic hydroxyl groups is 1. The van der Waals surface area contributed by atoms with E-state index in [2.05, 4.69) is 41.5 Å². The summed E-state index contributed by atoms with van der Waals surface area (Å²) in [5.41, 5.74) is 3.39. The topological polar surface area (TPSA) is 102 Å². The minimum atomic E-state index is -0.990. The second-order valence-corrected chi connectivity index (χ2v) is 10.9. The van der Waals surface area contributed by atoms with Crippen molar-refractivity contribution in [2.24, 2.45) is 0 Å². The molecular weight excluding hydrogens is 400 g/mol. The third-order valence-electron chi connectivity index (χ3n) is 5.16. The average molecular weight is 433 g/mol. The molecule has 1 amide bonds. The highest BCUT2D eigenvalue weighted by atomic mass is 32.2. The van der Waals surface area contributed by atoms with Gasteiger partial charge in [0.05, 0.1) is 11.8 Å². The van der Waals surface area contributed by atoms with E-state index in [9.17, 15) is 14.7 Å². The Balaban J connectivity index is 0.000000220. The van der Waals surface area contributed by atoms with E-state index in [1.54, 1.807) is 18.7 Å². The lowest BCUT2D eigenvalue weighted by Gasteiger charge is -2.43. The zero-order valence-electron chi connectivity index (χ0n) is 18.8. The number of phenols is 1. The molecule has 3 N–H and O–H groups in total. The van der Waals surface area contributed by atoms with Crippen LogP contribution < -0.4 is 0 Å². The zero-order chi connectivity index (χ0) is 23.0. The van der Waals surface area contributed by atoms with E-state index in [1.807, 2.05) is 12.1 Å². The summed E-state index contributed by atoms with van der Waals surface area (Å²) in [4.78, 5) is 23.4. The van der Waals surface area contributed by atoms with E-state index in [-0.39, 0.29) is 27.8 Å². The number of carbonyl (C=O) groups is 2. The molecule has 0 aliphatic carbocycles. The molecule has 2 heterocycles. The first kappa shape index (κ1) is 24.0. The Kier molecular flexibility index (Phi) is 6.76. The number of carbonyl (C=O) groups excluding carboxylic acids is 1. The number of benzene rings is 1. The Bertz CT molecular complexity index is 872. The molecular formula is C23H32N2O4S. The Morgan fingerprint density at radius 1 is 1.17 bits per heavy atom. The van der Waals surface area contributed by atoms with Crippen molar-refractivity contribution in [1.29, 1.82) is 5.41 Å². The highest BCUT2D eigenvalue weighted by Crippen LogP contribution is 2.40. The molecule has 0 saturated carbocycles. The van der Waals surface area contributed by atoms with Gasteiger partial charge in [-0.1, -0.05) is 41.5 Å². The summed E-state index contributed by atoms with van der Waals surface area (Å²) in [6.07, 6.45) is 1.82. The van der Waals surface area contributed by atoms with Crippen LogP contribution in [0.15, 0.2) is 23.4 Å². The highest BCUT2D eigenvalue weighted by Gasteiger charge is 2.44. The predicted molar refractivity (Wildman–Crippen MR) is 121 cm³/mol. The lowest BCUT2D eigenvalue weighted by Crippen LogP contribution is -2.53. The van der Waals surface area contributed by atoms with Crippen LogP contribution in [0.5, 0.6) is 5.75 Å². The summed E-state index contributed by atoms with van der Waals surface area (Å²) in [6.45, 7) is 14.2. The standard InChI is InChI=1S/C15H23NO.C8H9NO3S/c1-14(2,3)11-7-10(9-16)8-12(13(11)17)15(4,5)6;1-4-3-13-6-2-5(10)9(6)7(4)8(11)12/h7-9,16-17H,1-6H3;6H,2-3H2,1H3,(H,11,12)/t;6-/m.0/s1. The van der Waals surface area contributed by atoms with Gasteiger partial charge in [-0.3, -0.25) is 9.69 Å². The third kappa shape index (κ3) is 4.89. The maximum atomic E-state index is 11.1. The monoisotopic (exact) mass is 432 g/mol. The van der Waals surface area contributed by atoms with Crippen LogP contribution in [0, 0.1) is 5.41 Å². The number of β-lactam (4-membered cyclic amide) rings is 1. The van der Waals surface area contributed by atoms with Gasteiger partial charge in [0, 0.05) is 23.1 Å². The van der Waals surface area contributed by atoms with Crippen LogP contribution in [0.4, 0.5) is 0 Å². The molecule has 164 valence electrons. The quantitative estimate of drug-likeness (QED) is 0.467. The third-order valence-corrected chi connectivity index (χ3v) is 6.52. The molecule has 0 bridgehead atoms. The minimum Gasteiger partial charge on any atom is -0.507 e. The molecule has 1 fully saturated rings. The van der Waals surface area contributed by atoms with Crippen molar-refractivity contribution in [1.82, 2.24) is 4.90 Å². The number of rotatable bonds is 2. The van der Waals surface area contributed by atoms with Crippen molar-refractivity contribution in [3.63, 3.8) is 0 Å². The fourth-order valence-corrected chi connectivity index (χ4v) is 4.67. The van der Waals surface area contributed by atoms with Gasteiger partial charge in [-0.2, -0.15) is 0 Å². The summed E-state index contributed by atoms with van der Waals surface area (Å²) < 4.78 is 0. The van der Waals surface area contributed by atoms with Gasteiger partial charge in [0.25, 0.3) is 0 Å². The maximum Gasteiger partial charge on any atom is 0.352 e. The summed E-state index contributed by atoms with van der Waals surface area (Å²) >= 11 is 1.63. The summed E-state index contributed by atoms with van der Waals surface area (Å²) in [5.74, 6) is 0.0243. The molecule has 0 aromatic heterocycles. The first-order valence-electron chi connectivity index (χ1n) is 9.93. The lowest BCUT2D eigenvalue weighted by atomic mass is 9.78. The van der Waals surface area contributed by atoms with Crippen molar-refractivity contribution < 1.29 is 19.8 Å². The summed E-state index contributed by atoms with van der Waals surface area (Å²) in [5, 5.41) is 26.8. The van der Waals surface area contributed by atoms with Crippen LogP contribution in [-0.4, -0.2) is 44.3 Å². The van der Waals surface area contributed by atoms with E-state index >= 15 is 0 Å². The smallest absolute Gasteiger partial charge is 0.352 e. The molecule has 1 saturated heterocycles. The van der Waals surface area contributed by atoms with Gasteiger partial charge in [0.15, 0.2) is 0 Å². The molecule has 30 heavy (non-hydrogen) atoms. The van der Waals surface area contributed by atoms with Gasteiger partial charge in [-0.05, 0) is 41.0 Å². The Labute approximate surface area is 182 Å². The molecule has 7 heteroatoms. The van der Waals surface area contributed by atoms with Crippen LogP contribution in [0.25, 0.3) is 0 Å². The van der Waals surface area contributed by atoms with Gasteiger partial charge in [0.1, 0.15) is 11.4 Å². The number of hydrogen-bond acceptors (Lipinski definition) is 5. The average Bonchev–Trinajstić information content (AvgIpc) is 2.60. The number of amides is 1. The largest absolute Gasteiger partial charge is 0.507 e. The molecule has 0 radical (unpaired) electrons. The van der Waals surface area contributed by atoms with Gasteiger partial charge in [-0.25, -0.2) is 4.79 Å². The number of nitrogens with zero attached hydrogens (tertiary/aromatic N) is 1. The number of carboxylic acids is 1. The summed E-state index contributed by atoms with van der Waals surface area (Å²) in [7, 11) is 0. The normalized spacial score (nSPS) is 18.8. The molecule has 2 aliphatic rings. The van der Waals surface area contributed by atoms with E-state index in [0.29, 0.717) is 12.2 Å². The number of carboxylic acid groups (broad SMARTS) is 1. The fraction of sp³-hybridized carbons (Fsp3) is 0.522. The van der Waals surface area contributed by atoms with Crippen molar-refractivity contribution in [2.75, 3.05) is 5.75 Å². The van der Waals surface area contributed by atoms with E-state index in [4.69, 9.17) is 10.5 Å². The van der Waals surface area contributed by atoms with Crippen LogP contribution >= 0.6 is 11.8 Å². The number of aliphatic carboxylic acids is 1. The van der Waals surface area contributed by atoms with Crippen LogP contribution in [-0.2, 0) is 20.4 Å². The molecule has 2 aliphatic heterocycles. The SMILES string of the molecule is CC(C)(C)c1cc(C=N)cc(C(C)(C)C)c1O.CC1=C(C(=O)O)N2C(=O)C[C@@H]2SC1. The molecule has 3 rings (SSSR count). The van der Waals surface area contributed by atoms with Crippen molar-refractivity contribution >= 4 is 29.9 Å². The maximum absolute atomic E-state index is 11.1. The Hall–Kier alpha value is -2.28. The first-order chi connectivity index (χ1) is 13.7. The van der Waals surface area contributed by atoms with Crippen molar-refractivity contribution in [2.45, 2.75) is 71.1 Å². The van der Waals surface area contributed by atoms with Gasteiger partial charge < -0.3 is 15.6 Å². The predicted octanol–water partition coefficient (Wildman–Crippen LogP) is 4.64. The molecule has 0 unspecified atom stereocenters. The zero-order valence-corrected chi connectivity index (χ0v) is 19.6. The fourth-order valence-electron chi connectivity index (χ4n) is 3.45. The van der Waals surface area contributed by atoms with Gasteiger partial charge in [0.2, 0.25) is 5.91 Å². The number of nitrogens with one attached hydrogen (secondary N) is 1. The molecule has 1 atom stereocenters. The van der Waals surface area contributed by atoms with E-state index in [1.165, 1.54) is 11.1 Å². The highest BCUT2D eigenvalue weighted by molar-refractivity contribution is 8.00. The van der Waals surface area contributed by atoms with Crippen molar-refractivity contribution in [3.05, 3.63) is 40.1 Å². The van der Waals surface area contributed by atoms with Gasteiger partial charge in [-0.15, -0.1) is 11.8 Å². The number of fused-ring (bicyclic) bond motifs is 1. The van der Waals surface area contributed by atoms with Crippen LogP contribution in [0.3, 0.4) is 0 Å². The molecule has 1 aromatic carbocycles. The van der Waals surface area contributed by atoms with Crippen LogP contribution in [0.1, 0.15) is 71.6 Å². The lowest BCUT2D eigenvalue weighted by molar-refractivity contribution is -0.146. The number of phenolic OH excluding ortho intramolecular Hbond substituents is 1.